The van der Waals surface area contributed by atoms with Gasteiger partial charge in [-0.2, -0.15) is 0 Å². The largest absolute Gasteiger partial charge is 0.464 e. The minimum Gasteiger partial charge on any atom is -0.464 e. The predicted molar refractivity (Wildman–Crippen MR) is 178 cm³/mol. The summed E-state index contributed by atoms with van der Waals surface area (Å²) >= 11 is 0. The van der Waals surface area contributed by atoms with Crippen LogP contribution in [0.5, 0.6) is 0 Å². The molecule has 0 aliphatic heterocycles. The molecule has 0 aliphatic carbocycles. The number of nitro benzene ring substituents is 2. The summed E-state index contributed by atoms with van der Waals surface area (Å²) in [5, 5.41) is 32.8. The molecule has 0 saturated heterocycles. The summed E-state index contributed by atoms with van der Waals surface area (Å²) < 4.78 is 5.88. The van der Waals surface area contributed by atoms with E-state index in [2.05, 4.69) is 36.7 Å². The molecule has 0 spiro atoms. The second-order valence-corrected chi connectivity index (χ2v) is 13.4. The molecule has 0 radical (unpaired) electrons. The van der Waals surface area contributed by atoms with Crippen molar-refractivity contribution in [2.75, 3.05) is 17.2 Å². The molecule has 4 rings (SSSR count). The number of anilines is 2. The molecule has 0 aliphatic rings. The normalized spacial score (nSPS) is 13.1. The molecule has 12 nitrogen and oxygen atoms in total. The molecular weight excluding hydrogens is 590 g/mol. The molecule has 4 aromatic rings. The van der Waals surface area contributed by atoms with Crippen LogP contribution in [0.1, 0.15) is 58.1 Å². The number of hydrogen-bond donors (Lipinski definition) is 3. The Morgan fingerprint density at radius 2 is 1.50 bits per heavy atom. The third-order valence-electron chi connectivity index (χ3n) is 7.40. The number of rotatable bonds is 12. The molecule has 0 bridgehead atoms. The smallest absolute Gasteiger partial charge is 0.271 e. The van der Waals surface area contributed by atoms with Gasteiger partial charge in [-0.3, -0.25) is 29.8 Å². The average molecular weight is 630 g/mol. The molecule has 2 atom stereocenters. The van der Waals surface area contributed by atoms with E-state index < -0.39 is 33.3 Å². The van der Waals surface area contributed by atoms with Gasteiger partial charge in [0.1, 0.15) is 5.58 Å². The lowest BCUT2D eigenvalue weighted by Gasteiger charge is -2.36. The van der Waals surface area contributed by atoms with Crippen LogP contribution in [0.3, 0.4) is 0 Å². The van der Waals surface area contributed by atoms with Gasteiger partial charge in [-0.05, 0) is 56.9 Å². The van der Waals surface area contributed by atoms with Crippen molar-refractivity contribution in [2.24, 2.45) is 5.41 Å². The van der Waals surface area contributed by atoms with E-state index in [1.54, 1.807) is 24.3 Å². The van der Waals surface area contributed by atoms with E-state index in [9.17, 15) is 29.8 Å². The van der Waals surface area contributed by atoms with Crippen molar-refractivity contribution in [3.05, 3.63) is 115 Å². The second-order valence-electron chi connectivity index (χ2n) is 13.4. The van der Waals surface area contributed by atoms with Gasteiger partial charge in [0.2, 0.25) is 5.91 Å². The van der Waals surface area contributed by atoms with Crippen molar-refractivity contribution in [3.63, 3.8) is 0 Å². The topological polar surface area (TPSA) is 170 Å². The van der Waals surface area contributed by atoms with Gasteiger partial charge >= 0.3 is 0 Å². The van der Waals surface area contributed by atoms with Crippen molar-refractivity contribution in [1.29, 1.82) is 0 Å². The lowest BCUT2D eigenvalue weighted by molar-refractivity contribution is -0.385. The summed E-state index contributed by atoms with van der Waals surface area (Å²) in [6.45, 7) is 11.8. The lowest BCUT2D eigenvalue weighted by Crippen LogP contribution is -2.52. The van der Waals surface area contributed by atoms with Gasteiger partial charge < -0.3 is 20.4 Å². The highest BCUT2D eigenvalue weighted by Crippen LogP contribution is 2.30. The van der Waals surface area contributed by atoms with Gasteiger partial charge in [0.15, 0.2) is 5.43 Å². The molecule has 1 aromatic heterocycles. The maximum atomic E-state index is 14.4. The molecule has 46 heavy (non-hydrogen) atoms. The van der Waals surface area contributed by atoms with E-state index >= 15 is 0 Å². The molecule has 242 valence electrons. The van der Waals surface area contributed by atoms with Gasteiger partial charge in [-0.1, -0.05) is 44.5 Å². The SMILES string of the molecule is Cc1ccc2occ(C(C(=O)NC(C)(C)CC(C)(C)C)C(CNc3cccc([N+](=O)[O-])c3)Nc3cccc([N+](=O)[O-])c3)c(=O)c2c1. The fourth-order valence-electron chi connectivity index (χ4n) is 5.93. The number of fused-ring (bicyclic) bond motifs is 1. The lowest BCUT2D eigenvalue weighted by atomic mass is 9.81. The summed E-state index contributed by atoms with van der Waals surface area (Å²) in [5.74, 6) is -1.62. The van der Waals surface area contributed by atoms with E-state index in [0.717, 1.165) is 5.56 Å². The highest BCUT2D eigenvalue weighted by molar-refractivity contribution is 5.87. The molecule has 12 heteroatoms. The highest BCUT2D eigenvalue weighted by Gasteiger charge is 2.37. The van der Waals surface area contributed by atoms with Crippen LogP contribution >= 0.6 is 0 Å². The maximum Gasteiger partial charge on any atom is 0.271 e. The van der Waals surface area contributed by atoms with E-state index in [1.165, 1.54) is 42.7 Å². The quantitative estimate of drug-likeness (QED) is 0.111. The Bertz CT molecular complexity index is 1830. The molecule has 0 fully saturated rings. The van der Waals surface area contributed by atoms with E-state index in [0.29, 0.717) is 28.8 Å². The predicted octanol–water partition coefficient (Wildman–Crippen LogP) is 6.93. The number of nitrogens with one attached hydrogen (secondary N) is 3. The molecule has 1 heterocycles. The van der Waals surface area contributed by atoms with Crippen LogP contribution in [0.15, 0.2) is 82.2 Å². The Labute approximate surface area is 266 Å². The number of aryl methyl sites for hydroxylation is 1. The van der Waals surface area contributed by atoms with E-state index in [1.807, 2.05) is 26.8 Å². The van der Waals surface area contributed by atoms with Crippen molar-refractivity contribution in [1.82, 2.24) is 5.32 Å². The number of nitrogens with zero attached hydrogens (tertiary/aromatic N) is 2. The van der Waals surface area contributed by atoms with Gasteiger partial charge in [-0.15, -0.1) is 0 Å². The molecular formula is C34H39N5O7. The van der Waals surface area contributed by atoms with E-state index in [-0.39, 0.29) is 34.3 Å². The zero-order chi connectivity index (χ0) is 33.8. The van der Waals surface area contributed by atoms with Crippen LogP contribution < -0.4 is 21.4 Å². The first-order chi connectivity index (χ1) is 21.5. The van der Waals surface area contributed by atoms with Gasteiger partial charge in [-0.25, -0.2) is 0 Å². The first kappa shape index (κ1) is 33.6. The van der Waals surface area contributed by atoms with Gasteiger partial charge in [0.05, 0.1) is 33.5 Å². The van der Waals surface area contributed by atoms with Crippen LogP contribution in [-0.4, -0.2) is 33.9 Å². The Balaban J connectivity index is 1.86. The number of amides is 1. The molecule has 3 aromatic carbocycles. The van der Waals surface area contributed by atoms with Gasteiger partial charge in [0, 0.05) is 53.3 Å². The fourth-order valence-corrected chi connectivity index (χ4v) is 5.93. The number of benzene rings is 3. The van der Waals surface area contributed by atoms with Crippen LogP contribution in [0.2, 0.25) is 0 Å². The number of hydrogen-bond acceptors (Lipinski definition) is 9. The van der Waals surface area contributed by atoms with E-state index in [4.69, 9.17) is 4.42 Å². The van der Waals surface area contributed by atoms with Crippen LogP contribution in [0.4, 0.5) is 22.7 Å². The number of nitro groups is 2. The third kappa shape index (κ3) is 8.46. The summed E-state index contributed by atoms with van der Waals surface area (Å²) in [4.78, 5) is 50.4. The standard InChI is InChI=1S/C34H39N5O7/c1-21-13-14-29-26(15-21)31(40)27(19-46-29)30(32(41)37-34(5,6)20-33(2,3)4)28(36-23-10-8-12-25(17-23)39(44)45)18-35-22-9-7-11-24(16-22)38(42)43/h7-17,19,28,30,35-36H,18,20H2,1-6H3,(H,37,41). The molecule has 2 unspecified atom stereocenters. The van der Waals surface area contributed by atoms with Crippen molar-refractivity contribution >= 4 is 39.6 Å². The second kappa shape index (κ2) is 13.4. The number of carbonyl (C=O) groups excluding carboxylic acids is 1. The average Bonchev–Trinajstić information content (AvgIpc) is 2.96. The highest BCUT2D eigenvalue weighted by atomic mass is 16.6. The fraction of sp³-hybridized carbons (Fsp3) is 0.353. The maximum absolute atomic E-state index is 14.4. The number of non-ortho nitro benzene ring substituents is 2. The molecule has 0 saturated carbocycles. The van der Waals surface area contributed by atoms with Crippen LogP contribution in [-0.2, 0) is 4.79 Å². The summed E-state index contributed by atoms with van der Waals surface area (Å²) in [6, 6.07) is 16.0. The van der Waals surface area contributed by atoms with Crippen molar-refractivity contribution < 1.29 is 19.1 Å². The van der Waals surface area contributed by atoms with Crippen molar-refractivity contribution in [2.45, 2.75) is 65.5 Å². The molecule has 1 amide bonds. The minimum atomic E-state index is -1.16. The Kier molecular flexibility index (Phi) is 9.79. The van der Waals surface area contributed by atoms with Crippen LogP contribution in [0.25, 0.3) is 11.0 Å². The zero-order valence-electron chi connectivity index (χ0n) is 26.7. The number of carbonyl (C=O) groups is 1. The van der Waals surface area contributed by atoms with Gasteiger partial charge in [0.25, 0.3) is 11.4 Å². The van der Waals surface area contributed by atoms with Crippen molar-refractivity contribution in [3.8, 4) is 0 Å². The summed E-state index contributed by atoms with van der Waals surface area (Å²) in [5.41, 5.74) is 0.556. The van der Waals surface area contributed by atoms with Crippen LogP contribution in [0, 0.1) is 32.6 Å². The first-order valence-electron chi connectivity index (χ1n) is 14.9. The summed E-state index contributed by atoms with van der Waals surface area (Å²) in [6.07, 6.45) is 1.91. The Hall–Kier alpha value is -5.26. The Morgan fingerprint density at radius 3 is 2.11 bits per heavy atom. The Morgan fingerprint density at radius 1 is 0.891 bits per heavy atom. The zero-order valence-corrected chi connectivity index (χ0v) is 26.7. The monoisotopic (exact) mass is 629 g/mol. The third-order valence-corrected chi connectivity index (χ3v) is 7.40. The first-order valence-corrected chi connectivity index (χ1v) is 14.9. The molecule has 3 N–H and O–H groups in total. The minimum absolute atomic E-state index is 0.00700. The summed E-state index contributed by atoms with van der Waals surface area (Å²) in [7, 11) is 0.